The number of carbonyl (C=O) groups excluding carboxylic acids is 4. The molecule has 0 fully saturated rings. The van der Waals surface area contributed by atoms with Crippen molar-refractivity contribution in [2.45, 2.75) is 38.8 Å². The number of fused-ring (bicyclic) bond motifs is 1. The van der Waals surface area contributed by atoms with Crippen molar-refractivity contribution in [2.24, 2.45) is 11.7 Å². The zero-order chi connectivity index (χ0) is 27.3. The predicted molar refractivity (Wildman–Crippen MR) is 137 cm³/mol. The number of nitrogens with zero attached hydrogens (tertiary/aromatic N) is 1. The molecule has 0 saturated carbocycles. The molecule has 37 heavy (non-hydrogen) atoms. The molecule has 0 radical (unpaired) electrons. The lowest BCUT2D eigenvalue weighted by Crippen LogP contribution is -2.50. The Kier molecular flexibility index (Phi) is 8.49. The Hall–Kier alpha value is -4.41. The van der Waals surface area contributed by atoms with Gasteiger partial charge in [-0.15, -0.1) is 0 Å². The number of methoxy groups -OCH3 is 1. The molecular weight excluding hydrogens is 478 g/mol. The quantitative estimate of drug-likeness (QED) is 0.282. The second-order valence-corrected chi connectivity index (χ2v) is 9.04. The number of nitrogens with two attached hydrogens (primary N) is 1. The Labute approximate surface area is 213 Å². The van der Waals surface area contributed by atoms with E-state index in [1.165, 1.54) is 31.0 Å². The molecule has 11 heteroatoms. The smallest absolute Gasteiger partial charge is 0.289 e. The van der Waals surface area contributed by atoms with Gasteiger partial charge in [-0.1, -0.05) is 26.0 Å². The number of hydrogen-bond donors (Lipinski definition) is 4. The third kappa shape index (κ3) is 5.88. The van der Waals surface area contributed by atoms with E-state index in [1.54, 1.807) is 30.3 Å². The van der Waals surface area contributed by atoms with Gasteiger partial charge in [-0.25, -0.2) is 0 Å². The summed E-state index contributed by atoms with van der Waals surface area (Å²) in [6, 6.07) is 7.57. The maximum absolute atomic E-state index is 13.8. The Balaban J connectivity index is 2.10. The molecule has 196 valence electrons. The lowest BCUT2D eigenvalue weighted by molar-refractivity contribution is -0.140. The first-order chi connectivity index (χ1) is 17.6. The van der Waals surface area contributed by atoms with Gasteiger partial charge >= 0.3 is 0 Å². The molecule has 1 aromatic carbocycles. The predicted octanol–water partition coefficient (Wildman–Crippen LogP) is 1.07. The fourth-order valence-electron chi connectivity index (χ4n) is 4.30. The zero-order valence-corrected chi connectivity index (χ0v) is 21.2. The van der Waals surface area contributed by atoms with Gasteiger partial charge in [0, 0.05) is 30.6 Å². The summed E-state index contributed by atoms with van der Waals surface area (Å²) in [6.45, 7) is 3.82. The second kappa shape index (κ2) is 11.5. The van der Waals surface area contributed by atoms with Gasteiger partial charge < -0.3 is 30.7 Å². The lowest BCUT2D eigenvalue weighted by atomic mass is 9.99. The van der Waals surface area contributed by atoms with E-state index < -0.39 is 41.1 Å². The molecule has 5 N–H and O–H groups in total. The zero-order valence-electron chi connectivity index (χ0n) is 21.2. The molecule has 0 aliphatic carbocycles. The van der Waals surface area contributed by atoms with Crippen LogP contribution in [0.4, 0.5) is 0 Å². The van der Waals surface area contributed by atoms with E-state index in [4.69, 9.17) is 10.5 Å². The van der Waals surface area contributed by atoms with Crippen LogP contribution in [0.1, 0.15) is 42.4 Å². The molecule has 3 rings (SSSR count). The molecule has 0 aliphatic rings. The molecule has 3 aromatic rings. The Morgan fingerprint density at radius 2 is 1.86 bits per heavy atom. The van der Waals surface area contributed by atoms with Crippen LogP contribution in [0.3, 0.4) is 0 Å². The number of likely N-dealkylation sites (N-methyl/N-ethyl adjacent to an activating group) is 1. The highest BCUT2D eigenvalue weighted by Crippen LogP contribution is 2.33. The van der Waals surface area contributed by atoms with Crippen LogP contribution in [0.25, 0.3) is 10.9 Å². The number of H-pyrrole nitrogens is 1. The monoisotopic (exact) mass is 509 g/mol. The second-order valence-electron chi connectivity index (χ2n) is 9.04. The summed E-state index contributed by atoms with van der Waals surface area (Å²) in [5.41, 5.74) is 6.10. The minimum absolute atomic E-state index is 0.00425. The number of nitrogens with one attached hydrogen (secondary N) is 3. The maximum Gasteiger partial charge on any atom is 0.289 e. The van der Waals surface area contributed by atoms with Crippen molar-refractivity contribution in [1.82, 2.24) is 20.2 Å². The van der Waals surface area contributed by atoms with Crippen molar-refractivity contribution in [2.75, 3.05) is 14.2 Å². The lowest BCUT2D eigenvalue weighted by Gasteiger charge is -2.26. The summed E-state index contributed by atoms with van der Waals surface area (Å²) in [5.74, 6) is -2.66. The largest absolute Gasteiger partial charge is 0.496 e. The van der Waals surface area contributed by atoms with Crippen molar-refractivity contribution in [3.63, 3.8) is 0 Å². The Morgan fingerprint density at radius 1 is 1.14 bits per heavy atom. The van der Waals surface area contributed by atoms with Crippen LogP contribution in [0, 0.1) is 5.92 Å². The van der Waals surface area contributed by atoms with Gasteiger partial charge in [-0.3, -0.25) is 24.0 Å². The number of primary amides is 1. The molecule has 0 unspecified atom stereocenters. The topological polar surface area (TPSA) is 165 Å². The number of carbonyl (C=O) groups is 4. The molecule has 2 heterocycles. The number of Topliss-reactive ketones (excluding diaryl/α,β-unsaturated/α-hetero) is 1. The van der Waals surface area contributed by atoms with Crippen molar-refractivity contribution in [3.05, 3.63) is 64.2 Å². The summed E-state index contributed by atoms with van der Waals surface area (Å²) in [6.07, 6.45) is 1.53. The van der Waals surface area contributed by atoms with Crippen LogP contribution in [0.5, 0.6) is 5.75 Å². The third-order valence-corrected chi connectivity index (χ3v) is 6.03. The number of rotatable bonds is 11. The summed E-state index contributed by atoms with van der Waals surface area (Å²) in [5, 5.41) is 5.51. The van der Waals surface area contributed by atoms with Gasteiger partial charge in [0.1, 0.15) is 23.5 Å². The first-order valence-electron chi connectivity index (χ1n) is 11.8. The minimum Gasteiger partial charge on any atom is -0.496 e. The average Bonchev–Trinajstić information content (AvgIpc) is 3.26. The summed E-state index contributed by atoms with van der Waals surface area (Å²) in [7, 11) is 2.79. The summed E-state index contributed by atoms with van der Waals surface area (Å²) in [4.78, 5) is 66.0. The van der Waals surface area contributed by atoms with Gasteiger partial charge in [-0.2, -0.15) is 0 Å². The number of aromatic nitrogens is 2. The van der Waals surface area contributed by atoms with Crippen LogP contribution in [-0.2, 0) is 20.8 Å². The minimum atomic E-state index is -1.32. The molecule has 11 nitrogen and oxygen atoms in total. The van der Waals surface area contributed by atoms with E-state index in [9.17, 15) is 24.0 Å². The highest BCUT2D eigenvalue weighted by Gasteiger charge is 2.33. The Bertz CT molecular complexity index is 1390. The van der Waals surface area contributed by atoms with Crippen molar-refractivity contribution < 1.29 is 23.9 Å². The normalized spacial score (nSPS) is 12.7. The molecule has 0 spiro atoms. The van der Waals surface area contributed by atoms with Gasteiger partial charge in [0.15, 0.2) is 0 Å². The van der Waals surface area contributed by atoms with Crippen molar-refractivity contribution in [1.29, 1.82) is 0 Å². The number of aromatic amines is 1. The Morgan fingerprint density at radius 3 is 2.46 bits per heavy atom. The van der Waals surface area contributed by atoms with E-state index in [0.717, 1.165) is 0 Å². The van der Waals surface area contributed by atoms with E-state index in [2.05, 4.69) is 15.6 Å². The van der Waals surface area contributed by atoms with E-state index in [1.807, 2.05) is 13.8 Å². The number of hydrogen-bond acceptors (Lipinski definition) is 6. The molecule has 2 aromatic heterocycles. The summed E-state index contributed by atoms with van der Waals surface area (Å²) < 4.78 is 6.96. The van der Waals surface area contributed by atoms with Crippen LogP contribution < -0.4 is 26.7 Å². The molecular formula is C26H31N5O6. The van der Waals surface area contributed by atoms with Gasteiger partial charge in [0.25, 0.3) is 17.4 Å². The first-order valence-corrected chi connectivity index (χ1v) is 11.8. The molecule has 0 bridgehead atoms. The molecule has 0 aliphatic heterocycles. The highest BCUT2D eigenvalue weighted by atomic mass is 16.5. The molecule has 0 saturated heterocycles. The van der Waals surface area contributed by atoms with Gasteiger partial charge in [0.05, 0.1) is 12.6 Å². The highest BCUT2D eigenvalue weighted by molar-refractivity contribution is 6.38. The number of ketones is 1. The number of pyridine rings is 1. The van der Waals surface area contributed by atoms with Crippen molar-refractivity contribution in [3.8, 4) is 5.75 Å². The van der Waals surface area contributed by atoms with Gasteiger partial charge in [-0.05, 0) is 36.6 Å². The third-order valence-electron chi connectivity index (χ3n) is 6.03. The number of ether oxygens (including phenoxy) is 1. The number of benzene rings is 1. The van der Waals surface area contributed by atoms with Crippen LogP contribution in [-0.4, -0.2) is 53.3 Å². The first kappa shape index (κ1) is 27.2. The average molecular weight is 510 g/mol. The fraction of sp³-hybridized carbons (Fsp3) is 0.346. The van der Waals surface area contributed by atoms with Crippen LogP contribution in [0.15, 0.2) is 47.4 Å². The van der Waals surface area contributed by atoms with Crippen LogP contribution in [0.2, 0.25) is 0 Å². The SMILES string of the molecule is CNC(=O)C(=O)[C@H](Cc1ccc[nH]c1=O)NC(=O)[C@H](CC(C)C)n1c(C(N)=O)cc2c(OC)cccc21. The van der Waals surface area contributed by atoms with Crippen LogP contribution >= 0.6 is 0 Å². The number of amides is 3. The molecule has 2 atom stereocenters. The summed E-state index contributed by atoms with van der Waals surface area (Å²) >= 11 is 0. The van der Waals surface area contributed by atoms with E-state index in [0.29, 0.717) is 23.1 Å². The fourth-order valence-corrected chi connectivity index (χ4v) is 4.30. The van der Waals surface area contributed by atoms with Crippen molar-refractivity contribution >= 4 is 34.4 Å². The standard InChI is InChI=1S/C26H31N5O6/c1-14(2)11-20(31-18-8-5-9-21(37-4)16(18)13-19(31)23(27)33)25(35)30-17(22(32)26(36)28-3)12-15-7-6-10-29-24(15)34/h5-10,13-14,17,20H,11-12H2,1-4H3,(H2,27,33)(H,28,36)(H,29,34)(H,30,35)/t17-,20-/m0/s1. The maximum atomic E-state index is 13.8. The van der Waals surface area contributed by atoms with Gasteiger partial charge in [0.2, 0.25) is 11.7 Å². The van der Waals surface area contributed by atoms with E-state index in [-0.39, 0.29) is 23.6 Å². The van der Waals surface area contributed by atoms with E-state index >= 15 is 0 Å². The molecule has 3 amide bonds.